The number of hydrogen-bond donors (Lipinski definition) is 1. The zero-order valence-corrected chi connectivity index (χ0v) is 15.7. The van der Waals surface area contributed by atoms with Gasteiger partial charge in [0.05, 0.1) is 16.8 Å². The van der Waals surface area contributed by atoms with Crippen molar-refractivity contribution in [3.05, 3.63) is 29.3 Å². The molecular weight excluding hydrogens is 334 g/mol. The maximum Gasteiger partial charge on any atom is 0.325 e. The molecule has 6 heteroatoms. The molecule has 3 amide bonds. The van der Waals surface area contributed by atoms with Crippen LogP contribution in [0.3, 0.4) is 0 Å². The number of hydrogen-bond acceptors (Lipinski definition) is 4. The summed E-state index contributed by atoms with van der Waals surface area (Å²) in [6.45, 7) is 4.27. The summed E-state index contributed by atoms with van der Waals surface area (Å²) in [5.74, 6) is -0.132. The lowest BCUT2D eigenvalue weighted by atomic mass is 9.94. The number of thiazole rings is 1. The van der Waals surface area contributed by atoms with Gasteiger partial charge in [-0.05, 0) is 25.5 Å². The van der Waals surface area contributed by atoms with E-state index in [1.54, 1.807) is 0 Å². The van der Waals surface area contributed by atoms with Crippen LogP contribution in [-0.2, 0) is 11.3 Å². The molecule has 2 heterocycles. The number of amides is 3. The van der Waals surface area contributed by atoms with Gasteiger partial charge in [-0.2, -0.15) is 0 Å². The molecule has 5 nitrogen and oxygen atoms in total. The maximum atomic E-state index is 12.8. The summed E-state index contributed by atoms with van der Waals surface area (Å²) in [7, 11) is 0. The molecule has 1 atom stereocenters. The molecule has 1 aliphatic rings. The first kappa shape index (κ1) is 17.9. The number of urea groups is 1. The minimum Gasteiger partial charge on any atom is -0.323 e. The Bertz CT molecular complexity index is 740. The lowest BCUT2D eigenvalue weighted by Gasteiger charge is -2.21. The van der Waals surface area contributed by atoms with Crippen LogP contribution in [0.5, 0.6) is 0 Å². The van der Waals surface area contributed by atoms with Crippen molar-refractivity contribution in [2.24, 2.45) is 0 Å². The molecule has 1 unspecified atom stereocenters. The van der Waals surface area contributed by atoms with E-state index in [-0.39, 0.29) is 18.5 Å². The van der Waals surface area contributed by atoms with Crippen LogP contribution in [0.15, 0.2) is 24.3 Å². The lowest BCUT2D eigenvalue weighted by molar-refractivity contribution is -0.131. The van der Waals surface area contributed by atoms with E-state index in [0.29, 0.717) is 6.42 Å². The molecule has 0 saturated carbocycles. The number of nitrogens with zero attached hydrogens (tertiary/aromatic N) is 2. The highest BCUT2D eigenvalue weighted by Crippen LogP contribution is 2.28. The van der Waals surface area contributed by atoms with Gasteiger partial charge in [-0.3, -0.25) is 9.69 Å². The minimum atomic E-state index is -0.778. The molecule has 3 rings (SSSR count). The first-order valence-corrected chi connectivity index (χ1v) is 9.84. The smallest absolute Gasteiger partial charge is 0.323 e. The number of para-hydroxylation sites is 1. The van der Waals surface area contributed by atoms with Crippen molar-refractivity contribution < 1.29 is 9.59 Å². The van der Waals surface area contributed by atoms with Gasteiger partial charge in [0.2, 0.25) is 0 Å². The summed E-state index contributed by atoms with van der Waals surface area (Å²) in [5, 5.41) is 3.68. The Hall–Kier alpha value is -1.95. The van der Waals surface area contributed by atoms with Gasteiger partial charge in [0.1, 0.15) is 10.5 Å². The average molecular weight is 359 g/mol. The third-order valence-corrected chi connectivity index (χ3v) is 5.78. The van der Waals surface area contributed by atoms with Crippen molar-refractivity contribution in [2.45, 2.75) is 64.5 Å². The highest BCUT2D eigenvalue weighted by molar-refractivity contribution is 7.18. The van der Waals surface area contributed by atoms with E-state index in [0.717, 1.165) is 28.1 Å². The molecular formula is C19H25N3O2S. The number of imide groups is 1. The van der Waals surface area contributed by atoms with Gasteiger partial charge in [0, 0.05) is 0 Å². The van der Waals surface area contributed by atoms with E-state index in [2.05, 4.69) is 17.2 Å². The maximum absolute atomic E-state index is 12.8. The molecule has 1 fully saturated rings. The summed E-state index contributed by atoms with van der Waals surface area (Å²) >= 11 is 1.53. The third-order valence-electron chi connectivity index (χ3n) is 4.76. The normalized spacial score (nSPS) is 20.5. The van der Waals surface area contributed by atoms with Gasteiger partial charge in [0.15, 0.2) is 0 Å². The van der Waals surface area contributed by atoms with Crippen LogP contribution in [-0.4, -0.2) is 27.4 Å². The first-order chi connectivity index (χ1) is 12.0. The number of carbonyl (C=O) groups is 2. The molecule has 0 radical (unpaired) electrons. The van der Waals surface area contributed by atoms with E-state index in [4.69, 9.17) is 0 Å². The Morgan fingerprint density at radius 3 is 2.68 bits per heavy atom. The predicted molar refractivity (Wildman–Crippen MR) is 100 cm³/mol. The van der Waals surface area contributed by atoms with Gasteiger partial charge in [-0.25, -0.2) is 9.78 Å². The summed E-state index contributed by atoms with van der Waals surface area (Å²) < 4.78 is 1.07. The van der Waals surface area contributed by atoms with Crippen molar-refractivity contribution >= 4 is 33.5 Å². The Kier molecular flexibility index (Phi) is 5.37. The van der Waals surface area contributed by atoms with Crippen molar-refractivity contribution in [1.29, 1.82) is 0 Å². The molecule has 1 aliphatic heterocycles. The number of carbonyl (C=O) groups excluding carboxylic acids is 2. The van der Waals surface area contributed by atoms with Gasteiger partial charge < -0.3 is 5.32 Å². The Morgan fingerprint density at radius 1 is 1.16 bits per heavy atom. The second-order valence-corrected chi connectivity index (χ2v) is 8.01. The van der Waals surface area contributed by atoms with Crippen LogP contribution in [0, 0.1) is 0 Å². The van der Waals surface area contributed by atoms with E-state index >= 15 is 0 Å². The average Bonchev–Trinajstić information content (AvgIpc) is 3.09. The van der Waals surface area contributed by atoms with Gasteiger partial charge >= 0.3 is 6.03 Å². The summed E-state index contributed by atoms with van der Waals surface area (Å²) in [6, 6.07) is 7.55. The molecule has 2 aromatic rings. The molecule has 1 N–H and O–H groups in total. The van der Waals surface area contributed by atoms with Crippen molar-refractivity contribution in [2.75, 3.05) is 0 Å². The lowest BCUT2D eigenvalue weighted by Crippen LogP contribution is -2.43. The zero-order chi connectivity index (χ0) is 17.9. The van der Waals surface area contributed by atoms with Gasteiger partial charge in [-0.15, -0.1) is 11.3 Å². The SMILES string of the molecule is CCCCCCCC1(C)NC(=O)N(Cc2nc3ccccc3s2)C1=O. The molecule has 1 aromatic carbocycles. The van der Waals surface area contributed by atoms with Crippen molar-refractivity contribution in [3.63, 3.8) is 0 Å². The van der Waals surface area contributed by atoms with Crippen LogP contribution < -0.4 is 5.32 Å². The molecule has 1 aromatic heterocycles. The monoisotopic (exact) mass is 359 g/mol. The molecule has 0 bridgehead atoms. The molecule has 0 aliphatic carbocycles. The third kappa shape index (κ3) is 3.84. The first-order valence-electron chi connectivity index (χ1n) is 9.02. The quantitative estimate of drug-likeness (QED) is 0.559. The standard InChI is InChI=1S/C19H25N3O2S/c1-3-4-5-6-9-12-19(2)17(23)22(18(24)21-19)13-16-20-14-10-7-8-11-15(14)25-16/h7-8,10-11H,3-6,9,12-13H2,1-2H3,(H,21,24). The predicted octanol–water partition coefficient (Wildman–Crippen LogP) is 4.47. The second kappa shape index (κ2) is 7.52. The zero-order valence-electron chi connectivity index (χ0n) is 14.9. The number of fused-ring (bicyclic) bond motifs is 1. The molecule has 25 heavy (non-hydrogen) atoms. The van der Waals surface area contributed by atoms with Crippen LogP contribution in [0.4, 0.5) is 4.79 Å². The number of aromatic nitrogens is 1. The van der Waals surface area contributed by atoms with E-state index in [1.807, 2.05) is 31.2 Å². The van der Waals surface area contributed by atoms with Crippen LogP contribution in [0.1, 0.15) is 57.4 Å². The van der Waals surface area contributed by atoms with Gasteiger partial charge in [-0.1, -0.05) is 51.2 Å². The van der Waals surface area contributed by atoms with E-state index < -0.39 is 5.54 Å². The highest BCUT2D eigenvalue weighted by atomic mass is 32.1. The fourth-order valence-electron chi connectivity index (χ4n) is 3.27. The molecule has 0 spiro atoms. The molecule has 1 saturated heterocycles. The Balaban J connectivity index is 1.64. The fourth-order valence-corrected chi connectivity index (χ4v) is 4.22. The van der Waals surface area contributed by atoms with E-state index in [1.165, 1.54) is 35.5 Å². The topological polar surface area (TPSA) is 62.3 Å². The second-order valence-electron chi connectivity index (χ2n) is 6.89. The summed E-state index contributed by atoms with van der Waals surface area (Å²) in [4.78, 5) is 31.0. The number of benzene rings is 1. The Morgan fingerprint density at radius 2 is 1.92 bits per heavy atom. The summed E-state index contributed by atoms with van der Waals surface area (Å²) in [5.41, 5.74) is 0.133. The van der Waals surface area contributed by atoms with Crippen molar-refractivity contribution in [1.82, 2.24) is 15.2 Å². The summed E-state index contributed by atoms with van der Waals surface area (Å²) in [6.07, 6.45) is 6.35. The molecule has 134 valence electrons. The Labute approximate surface area is 152 Å². The largest absolute Gasteiger partial charge is 0.325 e. The number of nitrogens with one attached hydrogen (secondary N) is 1. The fraction of sp³-hybridized carbons (Fsp3) is 0.526. The van der Waals surface area contributed by atoms with Crippen LogP contribution in [0.2, 0.25) is 0 Å². The van der Waals surface area contributed by atoms with Gasteiger partial charge in [0.25, 0.3) is 5.91 Å². The van der Waals surface area contributed by atoms with E-state index in [9.17, 15) is 9.59 Å². The van der Waals surface area contributed by atoms with Crippen LogP contribution >= 0.6 is 11.3 Å². The minimum absolute atomic E-state index is 0.132. The number of unbranched alkanes of at least 4 members (excludes halogenated alkanes) is 4. The highest BCUT2D eigenvalue weighted by Gasteiger charge is 2.47. The van der Waals surface area contributed by atoms with Crippen LogP contribution in [0.25, 0.3) is 10.2 Å². The number of rotatable bonds is 8. The van der Waals surface area contributed by atoms with Crippen molar-refractivity contribution in [3.8, 4) is 0 Å².